The minimum Gasteiger partial charge on any atom is -0.497 e. The van der Waals surface area contributed by atoms with Crippen molar-refractivity contribution in [1.82, 2.24) is 0 Å². The van der Waals surface area contributed by atoms with Gasteiger partial charge in [0.1, 0.15) is 5.75 Å². The number of methoxy groups -OCH3 is 1. The van der Waals surface area contributed by atoms with E-state index < -0.39 is 5.97 Å². The predicted octanol–water partition coefficient (Wildman–Crippen LogP) is 1.88. The molecule has 74 valence electrons. The van der Waals surface area contributed by atoms with Crippen LogP contribution in [0.15, 0.2) is 24.3 Å². The largest absolute Gasteiger partial charge is 0.497 e. The highest BCUT2D eigenvalue weighted by atomic mass is 16.5. The lowest BCUT2D eigenvalue weighted by atomic mass is 10.1. The highest BCUT2D eigenvalue weighted by Gasteiger charge is 2.44. The highest BCUT2D eigenvalue weighted by molar-refractivity contribution is 5.75. The van der Waals surface area contributed by atoms with E-state index in [9.17, 15) is 4.79 Å². The Morgan fingerprint density at radius 2 is 2.36 bits per heavy atom. The van der Waals surface area contributed by atoms with Crippen molar-refractivity contribution in [3.8, 4) is 5.75 Å². The van der Waals surface area contributed by atoms with Crippen LogP contribution < -0.4 is 4.74 Å². The van der Waals surface area contributed by atoms with Crippen LogP contribution in [0.25, 0.3) is 0 Å². The van der Waals surface area contributed by atoms with Gasteiger partial charge in [-0.2, -0.15) is 0 Å². The molecule has 1 aliphatic rings. The van der Waals surface area contributed by atoms with Gasteiger partial charge in [0, 0.05) is 0 Å². The number of benzene rings is 1. The molecule has 1 aromatic rings. The fourth-order valence-electron chi connectivity index (χ4n) is 1.71. The van der Waals surface area contributed by atoms with Gasteiger partial charge in [0.05, 0.1) is 13.0 Å². The normalized spacial score (nSPS) is 24.4. The summed E-state index contributed by atoms with van der Waals surface area (Å²) < 4.78 is 5.08. The van der Waals surface area contributed by atoms with Gasteiger partial charge in [-0.25, -0.2) is 0 Å². The number of carboxylic acid groups (broad SMARTS) is 1. The van der Waals surface area contributed by atoms with Crippen LogP contribution in [0.1, 0.15) is 17.9 Å². The van der Waals surface area contributed by atoms with E-state index in [-0.39, 0.29) is 11.8 Å². The monoisotopic (exact) mass is 192 g/mol. The Kier molecular flexibility index (Phi) is 2.15. The summed E-state index contributed by atoms with van der Waals surface area (Å²) in [5.74, 6) is 0.0843. The first-order chi connectivity index (χ1) is 6.72. The van der Waals surface area contributed by atoms with E-state index in [1.54, 1.807) is 7.11 Å². The zero-order valence-corrected chi connectivity index (χ0v) is 7.93. The van der Waals surface area contributed by atoms with Crippen molar-refractivity contribution < 1.29 is 14.6 Å². The number of carboxylic acids is 1. The molecular formula is C11H12O3. The van der Waals surface area contributed by atoms with Crippen LogP contribution in [0.2, 0.25) is 0 Å². The first-order valence-corrected chi connectivity index (χ1v) is 4.59. The Labute approximate surface area is 82.3 Å². The first kappa shape index (κ1) is 9.06. The Bertz CT molecular complexity index is 359. The Hall–Kier alpha value is -1.51. The van der Waals surface area contributed by atoms with Crippen LogP contribution >= 0.6 is 0 Å². The molecule has 0 amide bonds. The number of hydrogen-bond donors (Lipinski definition) is 1. The second-order valence-corrected chi connectivity index (χ2v) is 3.56. The highest BCUT2D eigenvalue weighted by Crippen LogP contribution is 2.48. The summed E-state index contributed by atoms with van der Waals surface area (Å²) >= 11 is 0. The quantitative estimate of drug-likeness (QED) is 0.795. The third-order valence-electron chi connectivity index (χ3n) is 2.63. The molecule has 0 spiro atoms. The standard InChI is InChI=1S/C11H12O3/c1-14-8-4-2-3-7(5-8)9-6-10(9)11(12)13/h2-5,9-10H,6H2,1H3,(H,12,13)/t9-,10-/m0/s1. The van der Waals surface area contributed by atoms with Gasteiger partial charge in [-0.05, 0) is 30.0 Å². The Morgan fingerprint density at radius 3 is 2.93 bits per heavy atom. The summed E-state index contributed by atoms with van der Waals surface area (Å²) in [6.45, 7) is 0. The molecule has 3 heteroatoms. The summed E-state index contributed by atoms with van der Waals surface area (Å²) in [5, 5.41) is 8.78. The molecule has 3 nitrogen and oxygen atoms in total. The summed E-state index contributed by atoms with van der Waals surface area (Å²) in [6, 6.07) is 7.62. The molecule has 14 heavy (non-hydrogen) atoms. The van der Waals surface area contributed by atoms with Crippen molar-refractivity contribution in [2.75, 3.05) is 7.11 Å². The van der Waals surface area contributed by atoms with E-state index in [0.29, 0.717) is 0 Å². The number of rotatable bonds is 3. The third-order valence-corrected chi connectivity index (χ3v) is 2.63. The molecule has 0 aliphatic heterocycles. The van der Waals surface area contributed by atoms with Gasteiger partial charge in [0.15, 0.2) is 0 Å². The molecule has 0 saturated heterocycles. The predicted molar refractivity (Wildman–Crippen MR) is 51.5 cm³/mol. The van der Waals surface area contributed by atoms with Gasteiger partial charge in [-0.3, -0.25) is 4.79 Å². The lowest BCUT2D eigenvalue weighted by Crippen LogP contribution is -1.98. The average molecular weight is 192 g/mol. The van der Waals surface area contributed by atoms with Gasteiger partial charge in [-0.15, -0.1) is 0 Å². The van der Waals surface area contributed by atoms with Crippen LogP contribution in [0.5, 0.6) is 5.75 Å². The molecule has 0 heterocycles. The molecule has 1 N–H and O–H groups in total. The van der Waals surface area contributed by atoms with E-state index in [4.69, 9.17) is 9.84 Å². The minimum atomic E-state index is -0.696. The zero-order chi connectivity index (χ0) is 10.1. The summed E-state index contributed by atoms with van der Waals surface area (Å²) in [6.07, 6.45) is 0.752. The molecule has 1 aliphatic carbocycles. The molecule has 0 radical (unpaired) electrons. The molecule has 2 rings (SSSR count). The van der Waals surface area contributed by atoms with E-state index >= 15 is 0 Å². The topological polar surface area (TPSA) is 46.5 Å². The van der Waals surface area contributed by atoms with E-state index in [1.807, 2.05) is 24.3 Å². The fourth-order valence-corrected chi connectivity index (χ4v) is 1.71. The van der Waals surface area contributed by atoms with E-state index in [0.717, 1.165) is 17.7 Å². The molecule has 2 atom stereocenters. The third kappa shape index (κ3) is 1.58. The van der Waals surface area contributed by atoms with Crippen LogP contribution in [-0.2, 0) is 4.79 Å². The zero-order valence-electron chi connectivity index (χ0n) is 7.93. The smallest absolute Gasteiger partial charge is 0.307 e. The van der Waals surface area contributed by atoms with Crippen molar-refractivity contribution in [2.24, 2.45) is 5.92 Å². The van der Waals surface area contributed by atoms with Crippen LogP contribution in [-0.4, -0.2) is 18.2 Å². The first-order valence-electron chi connectivity index (χ1n) is 4.59. The molecule has 0 aromatic heterocycles. The molecule has 1 saturated carbocycles. The molecule has 0 bridgehead atoms. The second kappa shape index (κ2) is 3.33. The lowest BCUT2D eigenvalue weighted by molar-refractivity contribution is -0.138. The molecule has 1 aromatic carbocycles. The lowest BCUT2D eigenvalue weighted by Gasteiger charge is -2.02. The van der Waals surface area contributed by atoms with E-state index in [1.165, 1.54) is 0 Å². The van der Waals surface area contributed by atoms with E-state index in [2.05, 4.69) is 0 Å². The molecular weight excluding hydrogens is 180 g/mol. The van der Waals surface area contributed by atoms with Crippen LogP contribution in [0, 0.1) is 5.92 Å². The van der Waals surface area contributed by atoms with Crippen molar-refractivity contribution in [1.29, 1.82) is 0 Å². The maximum atomic E-state index is 10.7. The second-order valence-electron chi connectivity index (χ2n) is 3.56. The molecule has 1 fully saturated rings. The van der Waals surface area contributed by atoms with Gasteiger partial charge in [0.25, 0.3) is 0 Å². The maximum Gasteiger partial charge on any atom is 0.307 e. The Balaban J connectivity index is 2.15. The van der Waals surface area contributed by atoms with Gasteiger partial charge in [-0.1, -0.05) is 12.1 Å². The van der Waals surface area contributed by atoms with Gasteiger partial charge >= 0.3 is 5.97 Å². The van der Waals surface area contributed by atoms with Crippen LogP contribution in [0.4, 0.5) is 0 Å². The van der Waals surface area contributed by atoms with Crippen molar-refractivity contribution in [3.63, 3.8) is 0 Å². The number of carbonyl (C=O) groups is 1. The Morgan fingerprint density at radius 1 is 1.57 bits per heavy atom. The van der Waals surface area contributed by atoms with Crippen LogP contribution in [0.3, 0.4) is 0 Å². The van der Waals surface area contributed by atoms with Gasteiger partial charge in [0.2, 0.25) is 0 Å². The minimum absolute atomic E-state index is 0.183. The average Bonchev–Trinajstić information content (AvgIpc) is 2.97. The molecule has 0 unspecified atom stereocenters. The summed E-state index contributed by atoms with van der Waals surface area (Å²) in [4.78, 5) is 10.7. The summed E-state index contributed by atoms with van der Waals surface area (Å²) in [5.41, 5.74) is 1.07. The fraction of sp³-hybridized carbons (Fsp3) is 0.364. The number of hydrogen-bond acceptors (Lipinski definition) is 2. The van der Waals surface area contributed by atoms with Gasteiger partial charge < -0.3 is 9.84 Å². The van der Waals surface area contributed by atoms with Crippen molar-refractivity contribution in [2.45, 2.75) is 12.3 Å². The van der Waals surface area contributed by atoms with Crippen molar-refractivity contribution >= 4 is 5.97 Å². The van der Waals surface area contributed by atoms with Crippen molar-refractivity contribution in [3.05, 3.63) is 29.8 Å². The summed E-state index contributed by atoms with van der Waals surface area (Å²) in [7, 11) is 1.61. The number of aliphatic carboxylic acids is 1. The number of ether oxygens (including phenoxy) is 1. The SMILES string of the molecule is COc1cccc([C@@H]2C[C@@H]2C(=O)O)c1. The maximum absolute atomic E-state index is 10.7.